The summed E-state index contributed by atoms with van der Waals surface area (Å²) in [6, 6.07) is 11.5. The van der Waals surface area contributed by atoms with Gasteiger partial charge in [-0.05, 0) is 110 Å². The van der Waals surface area contributed by atoms with E-state index in [1.165, 1.54) is 57.4 Å². The molecule has 30 heavy (non-hydrogen) atoms. The highest BCUT2D eigenvalue weighted by Gasteiger charge is 2.25. The molecule has 1 nitrogen and oxygen atoms in total. The van der Waals surface area contributed by atoms with Crippen molar-refractivity contribution in [2.75, 3.05) is 5.73 Å². The normalized spacial score (nSPS) is 18.8. The van der Waals surface area contributed by atoms with Crippen molar-refractivity contribution in [2.24, 2.45) is 5.92 Å². The van der Waals surface area contributed by atoms with Crippen molar-refractivity contribution < 1.29 is 0 Å². The molecule has 1 atom stereocenters. The smallest absolute Gasteiger partial charge is 0.0317 e. The maximum atomic E-state index is 6.17. The van der Waals surface area contributed by atoms with Crippen LogP contribution in [0.1, 0.15) is 72.9 Å². The largest absolute Gasteiger partial charge is 0.399 e. The Labute approximate surface area is 182 Å². The van der Waals surface area contributed by atoms with Gasteiger partial charge in [-0.1, -0.05) is 55.3 Å². The van der Waals surface area contributed by atoms with Gasteiger partial charge in [-0.25, -0.2) is 0 Å². The first-order valence-electron chi connectivity index (χ1n) is 11.5. The number of hydrogen-bond donors (Lipinski definition) is 1. The van der Waals surface area contributed by atoms with Crippen LogP contribution in [0.2, 0.25) is 0 Å². The summed E-state index contributed by atoms with van der Waals surface area (Å²) in [5.41, 5.74) is 20.1. The highest BCUT2D eigenvalue weighted by Crippen LogP contribution is 2.44. The zero-order chi connectivity index (χ0) is 21.3. The minimum absolute atomic E-state index is 0.430. The van der Waals surface area contributed by atoms with Crippen molar-refractivity contribution in [1.82, 2.24) is 0 Å². The van der Waals surface area contributed by atoms with Gasteiger partial charge < -0.3 is 5.73 Å². The van der Waals surface area contributed by atoms with Crippen LogP contribution in [0.5, 0.6) is 0 Å². The summed E-state index contributed by atoms with van der Waals surface area (Å²) in [6.45, 7) is 9.05. The van der Waals surface area contributed by atoms with E-state index in [9.17, 15) is 0 Å². The van der Waals surface area contributed by atoms with Crippen LogP contribution in [0.3, 0.4) is 0 Å². The minimum atomic E-state index is 0.430. The lowest BCUT2D eigenvalue weighted by Gasteiger charge is -2.25. The first-order valence-corrected chi connectivity index (χ1v) is 11.5. The molecule has 2 aliphatic carbocycles. The number of allylic oxidation sites excluding steroid dienone is 6. The predicted octanol–water partition coefficient (Wildman–Crippen LogP) is 7.61. The van der Waals surface area contributed by atoms with Crippen LogP contribution >= 0.6 is 0 Å². The Morgan fingerprint density at radius 3 is 2.53 bits per heavy atom. The van der Waals surface area contributed by atoms with E-state index < -0.39 is 0 Å². The molecule has 0 heterocycles. The molecule has 0 radical (unpaired) electrons. The Morgan fingerprint density at radius 2 is 1.80 bits per heavy atom. The highest BCUT2D eigenvalue weighted by molar-refractivity contribution is 5.95. The monoisotopic (exact) mass is 397 g/mol. The molecule has 0 saturated carbocycles. The standard InChI is InChI=1S/C29H35N/c1-5-7-23-16-21(4)28(17-20(23)3)27-9-6-8-24-18-25(30)14-15-26(24)29(27)22-12-10-19(2)11-13-22/h10-12,14-18,22H,5-9,13,30H2,1-4H3. The molecule has 1 heteroatoms. The third-order valence-corrected chi connectivity index (χ3v) is 6.80. The quantitative estimate of drug-likeness (QED) is 0.528. The summed E-state index contributed by atoms with van der Waals surface area (Å²) in [4.78, 5) is 0. The number of fused-ring (bicyclic) bond motifs is 1. The fourth-order valence-corrected chi connectivity index (χ4v) is 5.22. The minimum Gasteiger partial charge on any atom is -0.399 e. The molecule has 0 saturated heterocycles. The Bertz CT molecular complexity index is 1050. The van der Waals surface area contributed by atoms with E-state index in [4.69, 9.17) is 5.73 Å². The number of nitrogen functional groups attached to an aromatic ring is 1. The van der Waals surface area contributed by atoms with Gasteiger partial charge in [0.25, 0.3) is 0 Å². The maximum Gasteiger partial charge on any atom is 0.0317 e. The van der Waals surface area contributed by atoms with Gasteiger partial charge in [-0.3, -0.25) is 0 Å². The molecule has 0 fully saturated rings. The highest BCUT2D eigenvalue weighted by atomic mass is 14.5. The van der Waals surface area contributed by atoms with E-state index in [0.29, 0.717) is 5.92 Å². The molecule has 156 valence electrons. The number of rotatable bonds is 4. The van der Waals surface area contributed by atoms with Gasteiger partial charge >= 0.3 is 0 Å². The van der Waals surface area contributed by atoms with E-state index in [0.717, 1.165) is 31.4 Å². The second kappa shape index (κ2) is 8.68. The summed E-state index contributed by atoms with van der Waals surface area (Å²) < 4.78 is 0. The van der Waals surface area contributed by atoms with Crippen molar-refractivity contribution in [3.8, 4) is 0 Å². The lowest BCUT2D eigenvalue weighted by molar-refractivity contribution is 0.832. The van der Waals surface area contributed by atoms with E-state index in [1.54, 1.807) is 5.57 Å². The SMILES string of the molecule is CCCc1cc(C)c(C2=C(C3C=CC(C)=CC3)c3ccc(N)cc3CCC2)cc1C. The van der Waals surface area contributed by atoms with Gasteiger partial charge in [0, 0.05) is 11.6 Å². The van der Waals surface area contributed by atoms with Crippen LogP contribution in [0.4, 0.5) is 5.69 Å². The maximum absolute atomic E-state index is 6.17. The number of hydrogen-bond acceptors (Lipinski definition) is 1. The zero-order valence-corrected chi connectivity index (χ0v) is 19.0. The first kappa shape index (κ1) is 20.7. The van der Waals surface area contributed by atoms with Gasteiger partial charge in [0.05, 0.1) is 0 Å². The van der Waals surface area contributed by atoms with Gasteiger partial charge in [0.15, 0.2) is 0 Å². The molecule has 2 aromatic carbocycles. The van der Waals surface area contributed by atoms with Crippen LogP contribution < -0.4 is 5.73 Å². The average molecular weight is 398 g/mol. The molecule has 1 unspecified atom stereocenters. The van der Waals surface area contributed by atoms with E-state index in [-0.39, 0.29) is 0 Å². The van der Waals surface area contributed by atoms with Gasteiger partial charge in [0.1, 0.15) is 0 Å². The summed E-state index contributed by atoms with van der Waals surface area (Å²) in [7, 11) is 0. The number of nitrogens with two attached hydrogens (primary N) is 1. The molecule has 0 aliphatic heterocycles. The van der Waals surface area contributed by atoms with Crippen molar-refractivity contribution in [3.05, 3.63) is 87.5 Å². The van der Waals surface area contributed by atoms with Gasteiger partial charge in [-0.15, -0.1) is 0 Å². The van der Waals surface area contributed by atoms with Crippen molar-refractivity contribution in [3.63, 3.8) is 0 Å². The third-order valence-electron chi connectivity index (χ3n) is 6.80. The molecule has 2 aliphatic rings. The number of benzene rings is 2. The third kappa shape index (κ3) is 4.03. The fraction of sp³-hybridized carbons (Fsp3) is 0.379. The Balaban J connectivity index is 1.93. The molecule has 2 N–H and O–H groups in total. The van der Waals surface area contributed by atoms with E-state index in [2.05, 4.69) is 76.3 Å². The van der Waals surface area contributed by atoms with Crippen molar-refractivity contribution >= 4 is 16.8 Å². The van der Waals surface area contributed by atoms with Gasteiger partial charge in [-0.2, -0.15) is 0 Å². The molecular weight excluding hydrogens is 362 g/mol. The van der Waals surface area contributed by atoms with Crippen molar-refractivity contribution in [1.29, 1.82) is 0 Å². The van der Waals surface area contributed by atoms with Crippen molar-refractivity contribution in [2.45, 2.75) is 66.2 Å². The fourth-order valence-electron chi connectivity index (χ4n) is 5.22. The molecular formula is C29H35N. The first-order chi connectivity index (χ1) is 14.5. The molecule has 0 bridgehead atoms. The molecule has 0 spiro atoms. The Hall–Kier alpha value is -2.54. The number of anilines is 1. The zero-order valence-electron chi connectivity index (χ0n) is 19.0. The van der Waals surface area contributed by atoms with Crippen LogP contribution in [-0.2, 0) is 12.8 Å². The summed E-state index contributed by atoms with van der Waals surface area (Å²) in [5.74, 6) is 0.430. The van der Waals surface area contributed by atoms with Crippen LogP contribution in [0.25, 0.3) is 11.1 Å². The van der Waals surface area contributed by atoms with E-state index in [1.807, 2.05) is 0 Å². The topological polar surface area (TPSA) is 26.0 Å². The second-order valence-electron chi connectivity index (χ2n) is 9.16. The van der Waals surface area contributed by atoms with Crippen LogP contribution in [-0.4, -0.2) is 0 Å². The van der Waals surface area contributed by atoms with Gasteiger partial charge in [0.2, 0.25) is 0 Å². The Kier molecular flexibility index (Phi) is 5.99. The average Bonchev–Trinajstić information content (AvgIpc) is 2.90. The second-order valence-corrected chi connectivity index (χ2v) is 9.16. The summed E-state index contributed by atoms with van der Waals surface area (Å²) in [5, 5.41) is 0. The molecule has 2 aromatic rings. The van der Waals surface area contributed by atoms with Crippen LogP contribution in [0, 0.1) is 19.8 Å². The molecule has 0 amide bonds. The predicted molar refractivity (Wildman–Crippen MR) is 132 cm³/mol. The summed E-state index contributed by atoms with van der Waals surface area (Å²) >= 11 is 0. The lowest BCUT2D eigenvalue weighted by atomic mass is 9.79. The van der Waals surface area contributed by atoms with Crippen LogP contribution in [0.15, 0.2) is 54.1 Å². The Morgan fingerprint density at radius 1 is 0.967 bits per heavy atom. The molecule has 4 rings (SSSR count). The number of aryl methyl sites for hydroxylation is 4. The molecule has 0 aromatic heterocycles. The lowest BCUT2D eigenvalue weighted by Crippen LogP contribution is -2.08. The summed E-state index contributed by atoms with van der Waals surface area (Å²) in [6.07, 6.45) is 13.9. The van der Waals surface area contributed by atoms with E-state index >= 15 is 0 Å².